The van der Waals surface area contributed by atoms with Crippen LogP contribution in [-0.2, 0) is 12.7 Å². The minimum absolute atomic E-state index is 0.108. The van der Waals surface area contributed by atoms with Crippen LogP contribution < -0.4 is 10.6 Å². The van der Waals surface area contributed by atoms with Gasteiger partial charge in [0.05, 0.1) is 45.5 Å². The van der Waals surface area contributed by atoms with Gasteiger partial charge in [0.25, 0.3) is 0 Å². The monoisotopic (exact) mass is 452 g/mol. The van der Waals surface area contributed by atoms with Gasteiger partial charge in [-0.1, -0.05) is 11.6 Å². The lowest BCUT2D eigenvalue weighted by molar-refractivity contribution is -0.137. The molecule has 3 aromatic rings. The molecule has 162 valence electrons. The number of nitrogens with zero attached hydrogens (tertiary/aromatic N) is 5. The normalized spacial score (nSPS) is 19.6. The lowest BCUT2D eigenvalue weighted by Gasteiger charge is -2.34. The third-order valence-corrected chi connectivity index (χ3v) is 5.56. The zero-order chi connectivity index (χ0) is 22.3. The van der Waals surface area contributed by atoms with Crippen molar-refractivity contribution in [1.82, 2.24) is 14.5 Å². The van der Waals surface area contributed by atoms with Crippen molar-refractivity contribution in [2.45, 2.75) is 31.4 Å². The molecule has 1 fully saturated rings. The van der Waals surface area contributed by atoms with Crippen LogP contribution in [0.1, 0.15) is 23.2 Å². The molecule has 2 atom stereocenters. The van der Waals surface area contributed by atoms with Crippen LogP contribution in [0, 0.1) is 11.3 Å². The Kier molecular flexibility index (Phi) is 5.49. The number of benzene rings is 1. The van der Waals surface area contributed by atoms with E-state index in [-0.39, 0.29) is 25.0 Å². The van der Waals surface area contributed by atoms with Gasteiger partial charge in [0.1, 0.15) is 12.2 Å². The number of hydrogen-bond acceptors (Lipinski definition) is 5. The van der Waals surface area contributed by atoms with Gasteiger partial charge in [-0.25, -0.2) is 9.37 Å². The zero-order valence-corrected chi connectivity index (χ0v) is 16.8. The van der Waals surface area contributed by atoms with Crippen LogP contribution in [-0.4, -0.2) is 39.8 Å². The predicted molar refractivity (Wildman–Crippen MR) is 108 cm³/mol. The average Bonchev–Trinajstić information content (AvgIpc) is 3.06. The maximum Gasteiger partial charge on any atom is 0.417 e. The summed E-state index contributed by atoms with van der Waals surface area (Å²) < 4.78 is 55.5. The van der Waals surface area contributed by atoms with E-state index < -0.39 is 29.0 Å². The van der Waals surface area contributed by atoms with E-state index in [1.165, 1.54) is 12.3 Å². The van der Waals surface area contributed by atoms with Crippen molar-refractivity contribution in [3.63, 3.8) is 0 Å². The van der Waals surface area contributed by atoms with Gasteiger partial charge in [0, 0.05) is 19.3 Å². The molecule has 0 saturated carbocycles. The van der Waals surface area contributed by atoms with Crippen LogP contribution in [0.2, 0.25) is 5.02 Å². The van der Waals surface area contributed by atoms with Crippen molar-refractivity contribution in [2.24, 2.45) is 5.73 Å². The highest BCUT2D eigenvalue weighted by molar-refractivity contribution is 6.32. The Morgan fingerprint density at radius 2 is 2.06 bits per heavy atom. The van der Waals surface area contributed by atoms with E-state index in [1.54, 1.807) is 21.6 Å². The second-order valence-corrected chi connectivity index (χ2v) is 7.79. The van der Waals surface area contributed by atoms with Crippen molar-refractivity contribution in [3.05, 3.63) is 52.3 Å². The molecule has 0 aliphatic carbocycles. The number of aromatic nitrogens is 3. The molecule has 0 radical (unpaired) electrons. The largest absolute Gasteiger partial charge is 0.417 e. The Labute approximate surface area is 179 Å². The number of piperidine rings is 1. The van der Waals surface area contributed by atoms with Gasteiger partial charge in [0.2, 0.25) is 5.95 Å². The molecule has 6 nitrogen and oxygen atoms in total. The lowest BCUT2D eigenvalue weighted by atomic mass is 10.1. The van der Waals surface area contributed by atoms with Gasteiger partial charge in [-0.05, 0) is 30.7 Å². The summed E-state index contributed by atoms with van der Waals surface area (Å²) in [5, 5.41) is 8.50. The van der Waals surface area contributed by atoms with Crippen LogP contribution in [0.25, 0.3) is 11.0 Å². The maximum atomic E-state index is 13.9. The fourth-order valence-corrected chi connectivity index (χ4v) is 3.89. The molecular formula is C20H17ClF4N6. The van der Waals surface area contributed by atoms with Crippen LogP contribution >= 0.6 is 11.6 Å². The molecule has 1 aromatic carbocycles. The molecule has 0 spiro atoms. The van der Waals surface area contributed by atoms with Crippen molar-refractivity contribution in [1.29, 1.82) is 5.26 Å². The molecule has 3 heterocycles. The van der Waals surface area contributed by atoms with E-state index >= 15 is 0 Å². The molecule has 0 amide bonds. The van der Waals surface area contributed by atoms with Crippen molar-refractivity contribution in [3.8, 4) is 6.07 Å². The predicted octanol–water partition coefficient (Wildman–Crippen LogP) is 3.90. The molecule has 31 heavy (non-hydrogen) atoms. The average molecular weight is 453 g/mol. The minimum atomic E-state index is -4.63. The second-order valence-electron chi connectivity index (χ2n) is 7.38. The molecule has 4 rings (SSSR count). The van der Waals surface area contributed by atoms with Crippen molar-refractivity contribution < 1.29 is 17.6 Å². The molecule has 0 unspecified atom stereocenters. The second kappa shape index (κ2) is 7.98. The first-order chi connectivity index (χ1) is 14.7. The fraction of sp³-hybridized carbons (Fsp3) is 0.350. The summed E-state index contributed by atoms with van der Waals surface area (Å²) in [5.74, 6) is 0.360. The third kappa shape index (κ3) is 4.16. The Balaban J connectivity index is 1.83. The first-order valence-corrected chi connectivity index (χ1v) is 9.82. The van der Waals surface area contributed by atoms with Crippen molar-refractivity contribution >= 4 is 28.6 Å². The molecular weight excluding hydrogens is 436 g/mol. The van der Waals surface area contributed by atoms with Gasteiger partial charge in [-0.3, -0.25) is 4.98 Å². The highest BCUT2D eigenvalue weighted by Crippen LogP contribution is 2.38. The van der Waals surface area contributed by atoms with E-state index in [0.717, 1.165) is 6.07 Å². The highest BCUT2D eigenvalue weighted by Gasteiger charge is 2.35. The fourth-order valence-electron chi connectivity index (χ4n) is 3.63. The number of hydrogen-bond donors (Lipinski definition) is 1. The van der Waals surface area contributed by atoms with Crippen molar-refractivity contribution in [2.75, 3.05) is 18.0 Å². The van der Waals surface area contributed by atoms with Crippen LogP contribution in [0.4, 0.5) is 23.5 Å². The van der Waals surface area contributed by atoms with E-state index in [4.69, 9.17) is 22.6 Å². The van der Waals surface area contributed by atoms with E-state index in [9.17, 15) is 17.6 Å². The molecule has 1 aliphatic rings. The number of alkyl halides is 4. The van der Waals surface area contributed by atoms with Crippen LogP contribution in [0.5, 0.6) is 0 Å². The number of fused-ring (bicyclic) bond motifs is 1. The minimum Gasteiger partial charge on any atom is -0.340 e. The number of halogens is 5. The molecule has 1 aliphatic heterocycles. The number of pyridine rings is 1. The van der Waals surface area contributed by atoms with E-state index in [1.807, 2.05) is 6.07 Å². The van der Waals surface area contributed by atoms with Gasteiger partial charge >= 0.3 is 6.18 Å². The smallest absolute Gasteiger partial charge is 0.340 e. The zero-order valence-electron chi connectivity index (χ0n) is 16.1. The summed E-state index contributed by atoms with van der Waals surface area (Å²) in [6, 6.07) is 6.63. The Morgan fingerprint density at radius 1 is 1.29 bits per heavy atom. The SMILES string of the molecule is N#Cc1ccc(Cn2c(N3CC[C@@H](F)[C@H](N)C3)nc3cc(C(F)(F)F)c(Cl)cc32)nc1. The summed E-state index contributed by atoms with van der Waals surface area (Å²) >= 11 is 5.94. The van der Waals surface area contributed by atoms with E-state index in [2.05, 4.69) is 9.97 Å². The summed E-state index contributed by atoms with van der Waals surface area (Å²) in [6.45, 7) is 0.661. The highest BCUT2D eigenvalue weighted by atomic mass is 35.5. The van der Waals surface area contributed by atoms with Crippen LogP contribution in [0.15, 0.2) is 30.5 Å². The Morgan fingerprint density at radius 3 is 2.68 bits per heavy atom. The number of nitrogens with two attached hydrogens (primary N) is 1. The summed E-state index contributed by atoms with van der Waals surface area (Å²) in [6.07, 6.45) is -4.18. The van der Waals surface area contributed by atoms with E-state index in [0.29, 0.717) is 29.3 Å². The van der Waals surface area contributed by atoms with Gasteiger partial charge in [0.15, 0.2) is 0 Å². The standard InChI is InChI=1S/C20H17ClF4N6/c21-14-6-18-17(5-13(14)20(23,24)25)29-19(30-4-3-15(22)16(27)10-30)31(18)9-12-2-1-11(7-26)8-28-12/h1-2,5-6,8,15-16H,3-4,9-10,27H2/t15-,16-/m1/s1. The summed E-state index contributed by atoms with van der Waals surface area (Å²) in [7, 11) is 0. The molecule has 2 N–H and O–H groups in total. The molecule has 0 bridgehead atoms. The molecule has 1 saturated heterocycles. The van der Waals surface area contributed by atoms with Crippen LogP contribution in [0.3, 0.4) is 0 Å². The molecule has 11 heteroatoms. The summed E-state index contributed by atoms with van der Waals surface area (Å²) in [4.78, 5) is 10.4. The number of imidazole rings is 1. The Hall–Kier alpha value is -2.90. The number of rotatable bonds is 3. The first-order valence-electron chi connectivity index (χ1n) is 9.44. The third-order valence-electron chi connectivity index (χ3n) is 5.25. The number of anilines is 1. The van der Waals surface area contributed by atoms with Gasteiger partial charge in [-0.15, -0.1) is 0 Å². The lowest BCUT2D eigenvalue weighted by Crippen LogP contribution is -2.50. The maximum absolute atomic E-state index is 13.9. The quantitative estimate of drug-likeness (QED) is 0.609. The molecule has 2 aromatic heterocycles. The topological polar surface area (TPSA) is 83.8 Å². The van der Waals surface area contributed by atoms with Gasteiger partial charge in [-0.2, -0.15) is 18.4 Å². The van der Waals surface area contributed by atoms with Gasteiger partial charge < -0.3 is 15.2 Å². The summed E-state index contributed by atoms with van der Waals surface area (Å²) in [5.41, 5.74) is 6.34. The Bertz CT molecular complexity index is 1150. The first kappa shape index (κ1) is 21.3. The number of nitriles is 1.